The highest BCUT2D eigenvalue weighted by molar-refractivity contribution is 7.89. The maximum atomic E-state index is 12.4. The smallest absolute Gasteiger partial charge is 0.255 e. The topological polar surface area (TPSA) is 106 Å². The molecule has 1 heterocycles. The van der Waals surface area contributed by atoms with Gasteiger partial charge in [0.25, 0.3) is 5.91 Å². The first kappa shape index (κ1) is 19.7. The van der Waals surface area contributed by atoms with E-state index in [4.69, 9.17) is 0 Å². The van der Waals surface area contributed by atoms with Gasteiger partial charge in [-0.05, 0) is 61.9 Å². The first-order chi connectivity index (χ1) is 13.4. The zero-order chi connectivity index (χ0) is 20.1. The fourth-order valence-corrected chi connectivity index (χ4v) is 3.77. The Bertz CT molecular complexity index is 1030. The molecule has 1 amide bonds. The van der Waals surface area contributed by atoms with Gasteiger partial charge in [-0.1, -0.05) is 6.92 Å². The third-order valence-electron chi connectivity index (χ3n) is 4.20. The molecule has 0 aliphatic carbocycles. The molecule has 1 aromatic heterocycles. The number of rotatable bonds is 7. The molecule has 28 heavy (non-hydrogen) atoms. The van der Waals surface area contributed by atoms with Crippen LogP contribution in [0.25, 0.3) is 5.69 Å². The molecule has 0 spiro atoms. The van der Waals surface area contributed by atoms with Crippen molar-refractivity contribution in [3.8, 4) is 5.69 Å². The third-order valence-corrected chi connectivity index (χ3v) is 5.81. The summed E-state index contributed by atoms with van der Waals surface area (Å²) in [6.45, 7) is 3.70. The lowest BCUT2D eigenvalue weighted by atomic mass is 10.2. The second-order valence-electron chi connectivity index (χ2n) is 6.30. The number of aromatic nitrogens is 3. The lowest BCUT2D eigenvalue weighted by molar-refractivity contribution is 0.102. The monoisotopic (exact) mass is 399 g/mol. The van der Waals surface area contributed by atoms with Crippen LogP contribution in [0.4, 0.5) is 5.69 Å². The Morgan fingerprint density at radius 2 is 1.79 bits per heavy atom. The number of benzene rings is 2. The summed E-state index contributed by atoms with van der Waals surface area (Å²) in [6, 6.07) is 12.8. The van der Waals surface area contributed by atoms with Crippen molar-refractivity contribution in [2.24, 2.45) is 0 Å². The lowest BCUT2D eigenvalue weighted by Gasteiger charge is -2.12. The normalized spacial score (nSPS) is 12.5. The molecular weight excluding hydrogens is 378 g/mol. The van der Waals surface area contributed by atoms with Crippen molar-refractivity contribution in [3.05, 3.63) is 66.7 Å². The Balaban J connectivity index is 1.68. The Labute approximate surface area is 163 Å². The molecule has 0 aliphatic heterocycles. The standard InChI is InChI=1S/C19H21N5O3S/c1-3-14(2)23-28(26,27)18-10-4-15(5-11-18)19(25)22-16-6-8-17(9-7-16)24-13-20-12-21-24/h4-14,23H,3H2,1-2H3,(H,22,25). The molecule has 2 aromatic carbocycles. The van der Waals surface area contributed by atoms with E-state index in [1.165, 1.54) is 30.6 Å². The van der Waals surface area contributed by atoms with Crippen molar-refractivity contribution in [1.29, 1.82) is 0 Å². The first-order valence-corrected chi connectivity index (χ1v) is 10.3. The number of hydrogen-bond acceptors (Lipinski definition) is 5. The molecule has 3 aromatic rings. The van der Waals surface area contributed by atoms with E-state index < -0.39 is 10.0 Å². The zero-order valence-corrected chi connectivity index (χ0v) is 16.3. The van der Waals surface area contributed by atoms with Gasteiger partial charge in [-0.2, -0.15) is 5.10 Å². The fraction of sp³-hybridized carbons (Fsp3) is 0.211. The van der Waals surface area contributed by atoms with Crippen LogP contribution in [0.15, 0.2) is 66.1 Å². The molecule has 2 N–H and O–H groups in total. The second kappa shape index (κ2) is 8.32. The summed E-state index contributed by atoms with van der Waals surface area (Å²) in [6.07, 6.45) is 3.71. The van der Waals surface area contributed by atoms with Crippen LogP contribution < -0.4 is 10.0 Å². The van der Waals surface area contributed by atoms with Crippen LogP contribution in [0, 0.1) is 0 Å². The van der Waals surface area contributed by atoms with Gasteiger partial charge in [-0.15, -0.1) is 0 Å². The molecule has 1 unspecified atom stereocenters. The molecule has 146 valence electrons. The molecule has 9 heteroatoms. The highest BCUT2D eigenvalue weighted by Gasteiger charge is 2.17. The van der Waals surface area contributed by atoms with E-state index in [1.54, 1.807) is 42.2 Å². The number of carbonyl (C=O) groups is 1. The zero-order valence-electron chi connectivity index (χ0n) is 15.5. The van der Waals surface area contributed by atoms with E-state index in [0.717, 1.165) is 5.69 Å². The summed E-state index contributed by atoms with van der Waals surface area (Å²) in [5.41, 5.74) is 1.80. The maximum absolute atomic E-state index is 12.4. The molecule has 3 rings (SSSR count). The van der Waals surface area contributed by atoms with E-state index >= 15 is 0 Å². The lowest BCUT2D eigenvalue weighted by Crippen LogP contribution is -2.32. The minimum absolute atomic E-state index is 0.126. The Morgan fingerprint density at radius 1 is 1.11 bits per heavy atom. The van der Waals surface area contributed by atoms with Crippen LogP contribution in [-0.2, 0) is 10.0 Å². The van der Waals surface area contributed by atoms with Gasteiger partial charge >= 0.3 is 0 Å². The average molecular weight is 399 g/mol. The van der Waals surface area contributed by atoms with E-state index in [0.29, 0.717) is 17.7 Å². The number of hydrogen-bond donors (Lipinski definition) is 2. The molecule has 8 nitrogen and oxygen atoms in total. The molecule has 0 aliphatic rings. The van der Waals surface area contributed by atoms with Crippen molar-refractivity contribution in [2.75, 3.05) is 5.32 Å². The first-order valence-electron chi connectivity index (χ1n) is 8.78. The van der Waals surface area contributed by atoms with E-state index in [9.17, 15) is 13.2 Å². The van der Waals surface area contributed by atoms with Crippen LogP contribution in [0.3, 0.4) is 0 Å². The molecule has 0 radical (unpaired) electrons. The van der Waals surface area contributed by atoms with Gasteiger partial charge < -0.3 is 5.32 Å². The number of amides is 1. The average Bonchev–Trinajstić information content (AvgIpc) is 3.23. The molecule has 1 atom stereocenters. The Morgan fingerprint density at radius 3 is 2.36 bits per heavy atom. The van der Waals surface area contributed by atoms with Crippen molar-refractivity contribution in [1.82, 2.24) is 19.5 Å². The van der Waals surface area contributed by atoms with Crippen LogP contribution in [-0.4, -0.2) is 35.1 Å². The molecule has 0 fully saturated rings. The molecule has 0 saturated heterocycles. The number of sulfonamides is 1. The number of nitrogens with zero attached hydrogens (tertiary/aromatic N) is 3. The summed E-state index contributed by atoms with van der Waals surface area (Å²) < 4.78 is 28.8. The van der Waals surface area contributed by atoms with Gasteiger partial charge in [0.15, 0.2) is 0 Å². The van der Waals surface area contributed by atoms with Gasteiger partial charge in [-0.3, -0.25) is 4.79 Å². The molecule has 0 bridgehead atoms. The van der Waals surface area contributed by atoms with Crippen molar-refractivity contribution >= 4 is 21.6 Å². The predicted octanol–water partition coefficient (Wildman–Crippen LogP) is 2.60. The third kappa shape index (κ3) is 4.62. The van der Waals surface area contributed by atoms with Gasteiger partial charge in [0.05, 0.1) is 10.6 Å². The second-order valence-corrected chi connectivity index (χ2v) is 8.01. The molecular formula is C19H21N5O3S. The van der Waals surface area contributed by atoms with Crippen LogP contribution in [0.1, 0.15) is 30.6 Å². The number of anilines is 1. The minimum Gasteiger partial charge on any atom is -0.322 e. The number of carbonyl (C=O) groups excluding carboxylic acids is 1. The summed E-state index contributed by atoms with van der Waals surface area (Å²) in [7, 11) is -3.59. The summed E-state index contributed by atoms with van der Waals surface area (Å²) in [4.78, 5) is 16.4. The van der Waals surface area contributed by atoms with Gasteiger partial charge in [0.2, 0.25) is 10.0 Å². The highest BCUT2D eigenvalue weighted by Crippen LogP contribution is 2.15. The maximum Gasteiger partial charge on any atom is 0.255 e. The van der Waals surface area contributed by atoms with Crippen molar-refractivity contribution in [2.45, 2.75) is 31.2 Å². The quantitative estimate of drug-likeness (QED) is 0.635. The SMILES string of the molecule is CCC(C)NS(=O)(=O)c1ccc(C(=O)Nc2ccc(-n3cncn3)cc2)cc1. The van der Waals surface area contributed by atoms with Crippen LogP contribution in [0.5, 0.6) is 0 Å². The summed E-state index contributed by atoms with van der Waals surface area (Å²) >= 11 is 0. The highest BCUT2D eigenvalue weighted by atomic mass is 32.2. The van der Waals surface area contributed by atoms with Gasteiger partial charge in [0.1, 0.15) is 12.7 Å². The van der Waals surface area contributed by atoms with Gasteiger partial charge in [-0.25, -0.2) is 22.8 Å². The van der Waals surface area contributed by atoms with Crippen molar-refractivity contribution < 1.29 is 13.2 Å². The Kier molecular flexibility index (Phi) is 5.86. The molecule has 0 saturated carbocycles. The largest absolute Gasteiger partial charge is 0.322 e. The fourth-order valence-electron chi connectivity index (χ4n) is 2.44. The van der Waals surface area contributed by atoms with E-state index in [-0.39, 0.29) is 16.8 Å². The Hall–Kier alpha value is -3.04. The van der Waals surface area contributed by atoms with E-state index in [2.05, 4.69) is 20.1 Å². The summed E-state index contributed by atoms with van der Waals surface area (Å²) in [5.74, 6) is -0.327. The number of nitrogens with one attached hydrogen (secondary N) is 2. The van der Waals surface area contributed by atoms with Crippen LogP contribution in [0.2, 0.25) is 0 Å². The van der Waals surface area contributed by atoms with Gasteiger partial charge in [0, 0.05) is 17.3 Å². The summed E-state index contributed by atoms with van der Waals surface area (Å²) in [5, 5.41) is 6.82. The predicted molar refractivity (Wildman–Crippen MR) is 106 cm³/mol. The van der Waals surface area contributed by atoms with Crippen molar-refractivity contribution in [3.63, 3.8) is 0 Å². The minimum atomic E-state index is -3.59. The van der Waals surface area contributed by atoms with E-state index in [1.807, 2.05) is 6.92 Å². The van der Waals surface area contributed by atoms with Crippen LogP contribution >= 0.6 is 0 Å².